The van der Waals surface area contributed by atoms with Crippen LogP contribution in [0.4, 0.5) is 0 Å². The largest absolute Gasteiger partial charge is 0.380 e. The molecule has 0 spiro atoms. The molecule has 1 aromatic heterocycles. The van der Waals surface area contributed by atoms with E-state index < -0.39 is 0 Å². The maximum Gasteiger partial charge on any atom is 0.0713 e. The van der Waals surface area contributed by atoms with Crippen LogP contribution in [-0.4, -0.2) is 30.6 Å². The van der Waals surface area contributed by atoms with Gasteiger partial charge in [0, 0.05) is 32.4 Å². The number of rotatable bonds is 7. The molecule has 4 heteroatoms. The molecule has 1 aromatic carbocycles. The highest BCUT2D eigenvalue weighted by atomic mass is 16.5. The number of methoxy groups -OCH3 is 1. The number of benzene rings is 1. The van der Waals surface area contributed by atoms with Crippen molar-refractivity contribution in [2.75, 3.05) is 20.7 Å². The van der Waals surface area contributed by atoms with E-state index in [1.165, 1.54) is 11.1 Å². The summed E-state index contributed by atoms with van der Waals surface area (Å²) in [6, 6.07) is 14.5. The monoisotopic (exact) mass is 285 g/mol. The lowest BCUT2D eigenvalue weighted by molar-refractivity contribution is 0.184. The number of aromatic nitrogens is 1. The Morgan fingerprint density at radius 1 is 1.24 bits per heavy atom. The molecule has 0 fully saturated rings. The molecule has 0 amide bonds. The van der Waals surface area contributed by atoms with Crippen molar-refractivity contribution in [3.63, 3.8) is 0 Å². The Kier molecular flexibility index (Phi) is 5.87. The van der Waals surface area contributed by atoms with Crippen LogP contribution in [-0.2, 0) is 17.9 Å². The fraction of sp³-hybridized carbons (Fsp3) is 0.353. The maximum atomic E-state index is 5.99. The zero-order valence-corrected chi connectivity index (χ0v) is 12.7. The molecule has 0 saturated heterocycles. The van der Waals surface area contributed by atoms with Gasteiger partial charge >= 0.3 is 0 Å². The first-order valence-corrected chi connectivity index (χ1v) is 7.12. The quantitative estimate of drug-likeness (QED) is 0.848. The van der Waals surface area contributed by atoms with Gasteiger partial charge in [0.25, 0.3) is 0 Å². The minimum atomic E-state index is 0.170. The third kappa shape index (κ3) is 4.36. The highest BCUT2D eigenvalue weighted by molar-refractivity contribution is 5.26. The molecular weight excluding hydrogens is 262 g/mol. The summed E-state index contributed by atoms with van der Waals surface area (Å²) in [6.45, 7) is 1.96. The van der Waals surface area contributed by atoms with Crippen LogP contribution in [0.5, 0.6) is 0 Å². The molecule has 2 rings (SSSR count). The molecule has 112 valence electrons. The number of ether oxygens (including phenoxy) is 1. The lowest BCUT2D eigenvalue weighted by Gasteiger charge is -2.27. The number of nitrogens with two attached hydrogens (primary N) is 1. The van der Waals surface area contributed by atoms with E-state index in [0.29, 0.717) is 13.2 Å². The van der Waals surface area contributed by atoms with Gasteiger partial charge in [0.1, 0.15) is 0 Å². The first kappa shape index (κ1) is 15.6. The maximum absolute atomic E-state index is 5.99. The summed E-state index contributed by atoms with van der Waals surface area (Å²) in [5.41, 5.74) is 9.42. The van der Waals surface area contributed by atoms with E-state index in [-0.39, 0.29) is 6.04 Å². The number of pyridine rings is 1. The number of hydrogen-bond acceptors (Lipinski definition) is 4. The van der Waals surface area contributed by atoms with E-state index in [1.54, 1.807) is 7.11 Å². The first-order valence-electron chi connectivity index (χ1n) is 7.12. The van der Waals surface area contributed by atoms with Gasteiger partial charge in [0.05, 0.1) is 12.3 Å². The van der Waals surface area contributed by atoms with Crippen molar-refractivity contribution in [3.8, 4) is 0 Å². The summed E-state index contributed by atoms with van der Waals surface area (Å²) >= 11 is 0. The third-order valence-corrected chi connectivity index (χ3v) is 3.54. The average Bonchev–Trinajstić information content (AvgIpc) is 2.50. The van der Waals surface area contributed by atoms with Crippen LogP contribution < -0.4 is 5.73 Å². The molecule has 0 bridgehead atoms. The molecule has 1 unspecified atom stereocenters. The second-order valence-corrected chi connectivity index (χ2v) is 5.17. The Labute approximate surface area is 126 Å². The molecule has 21 heavy (non-hydrogen) atoms. The molecule has 1 atom stereocenters. The van der Waals surface area contributed by atoms with Gasteiger partial charge in [-0.1, -0.05) is 30.3 Å². The summed E-state index contributed by atoms with van der Waals surface area (Å²) in [5.74, 6) is 0. The van der Waals surface area contributed by atoms with Gasteiger partial charge < -0.3 is 10.5 Å². The zero-order valence-electron chi connectivity index (χ0n) is 12.7. The van der Waals surface area contributed by atoms with Gasteiger partial charge in [-0.2, -0.15) is 0 Å². The first-order chi connectivity index (χ1) is 10.2. The molecule has 0 aliphatic rings. The second kappa shape index (κ2) is 7.88. The van der Waals surface area contributed by atoms with Crippen LogP contribution in [0, 0.1) is 0 Å². The van der Waals surface area contributed by atoms with Crippen LogP contribution in [0.3, 0.4) is 0 Å². The fourth-order valence-corrected chi connectivity index (χ4v) is 2.48. The molecule has 0 aliphatic carbocycles. The van der Waals surface area contributed by atoms with Crippen LogP contribution in [0.2, 0.25) is 0 Å². The molecular formula is C17H23N3O. The predicted octanol–water partition coefficient (Wildman–Crippen LogP) is 2.36. The normalized spacial score (nSPS) is 12.6. The Hall–Kier alpha value is -1.75. The van der Waals surface area contributed by atoms with Crippen molar-refractivity contribution in [2.24, 2.45) is 5.73 Å². The Balaban J connectivity index is 2.12. The van der Waals surface area contributed by atoms with Crippen LogP contribution in [0.1, 0.15) is 22.9 Å². The molecule has 0 aliphatic heterocycles. The number of hydrogen-bond donors (Lipinski definition) is 1. The standard InChI is InChI=1S/C17H23N3O/c1-20(12-16-8-3-4-9-19-16)17(11-18)15-7-5-6-14(10-15)13-21-2/h3-10,17H,11-13,18H2,1-2H3. The van der Waals surface area contributed by atoms with Crippen molar-refractivity contribution >= 4 is 0 Å². The zero-order chi connectivity index (χ0) is 15.1. The predicted molar refractivity (Wildman–Crippen MR) is 84.7 cm³/mol. The molecule has 2 N–H and O–H groups in total. The summed E-state index contributed by atoms with van der Waals surface area (Å²) in [6.07, 6.45) is 1.82. The molecule has 2 aromatic rings. The van der Waals surface area contributed by atoms with E-state index in [1.807, 2.05) is 24.4 Å². The van der Waals surface area contributed by atoms with Gasteiger partial charge in [-0.15, -0.1) is 0 Å². The van der Waals surface area contributed by atoms with Crippen LogP contribution in [0.25, 0.3) is 0 Å². The van der Waals surface area contributed by atoms with Gasteiger partial charge in [0.2, 0.25) is 0 Å². The van der Waals surface area contributed by atoms with E-state index in [4.69, 9.17) is 10.5 Å². The SMILES string of the molecule is COCc1cccc(C(CN)N(C)Cc2ccccn2)c1. The van der Waals surface area contributed by atoms with Crippen LogP contribution >= 0.6 is 0 Å². The van der Waals surface area contributed by atoms with Gasteiger partial charge in [0.15, 0.2) is 0 Å². The van der Waals surface area contributed by atoms with Crippen molar-refractivity contribution in [2.45, 2.75) is 19.2 Å². The summed E-state index contributed by atoms with van der Waals surface area (Å²) < 4.78 is 5.20. The van der Waals surface area contributed by atoms with Crippen molar-refractivity contribution in [3.05, 3.63) is 65.5 Å². The number of nitrogens with zero attached hydrogens (tertiary/aromatic N) is 2. The topological polar surface area (TPSA) is 51.4 Å². The second-order valence-electron chi connectivity index (χ2n) is 5.17. The average molecular weight is 285 g/mol. The Morgan fingerprint density at radius 3 is 2.76 bits per heavy atom. The summed E-state index contributed by atoms with van der Waals surface area (Å²) in [4.78, 5) is 6.60. The van der Waals surface area contributed by atoms with E-state index in [9.17, 15) is 0 Å². The van der Waals surface area contributed by atoms with Gasteiger partial charge in [-0.25, -0.2) is 0 Å². The van der Waals surface area contributed by atoms with Crippen LogP contribution in [0.15, 0.2) is 48.7 Å². The smallest absolute Gasteiger partial charge is 0.0713 e. The van der Waals surface area contributed by atoms with Crippen molar-refractivity contribution < 1.29 is 4.74 Å². The highest BCUT2D eigenvalue weighted by Gasteiger charge is 2.16. The third-order valence-electron chi connectivity index (χ3n) is 3.54. The molecule has 0 radical (unpaired) electrons. The Bertz CT molecular complexity index is 545. The Morgan fingerprint density at radius 2 is 2.10 bits per heavy atom. The highest BCUT2D eigenvalue weighted by Crippen LogP contribution is 2.21. The molecule has 0 saturated carbocycles. The summed E-state index contributed by atoms with van der Waals surface area (Å²) in [5, 5.41) is 0. The minimum Gasteiger partial charge on any atom is -0.380 e. The minimum absolute atomic E-state index is 0.170. The van der Waals surface area contributed by atoms with Crippen molar-refractivity contribution in [1.29, 1.82) is 0 Å². The van der Waals surface area contributed by atoms with Crippen molar-refractivity contribution in [1.82, 2.24) is 9.88 Å². The van der Waals surface area contributed by atoms with E-state index >= 15 is 0 Å². The molecule has 4 nitrogen and oxygen atoms in total. The van der Waals surface area contributed by atoms with E-state index in [0.717, 1.165) is 12.2 Å². The van der Waals surface area contributed by atoms with Gasteiger partial charge in [-0.3, -0.25) is 9.88 Å². The van der Waals surface area contributed by atoms with E-state index in [2.05, 4.69) is 41.2 Å². The fourth-order valence-electron chi connectivity index (χ4n) is 2.48. The summed E-state index contributed by atoms with van der Waals surface area (Å²) in [7, 11) is 3.79. The lowest BCUT2D eigenvalue weighted by atomic mass is 10.0. The lowest BCUT2D eigenvalue weighted by Crippen LogP contribution is -2.30. The van der Waals surface area contributed by atoms with Gasteiger partial charge in [-0.05, 0) is 30.3 Å². The molecule has 1 heterocycles. The number of likely N-dealkylation sites (N-methyl/N-ethyl adjacent to an activating group) is 1.